The van der Waals surface area contributed by atoms with Crippen molar-refractivity contribution in [3.8, 4) is 0 Å². The van der Waals surface area contributed by atoms with Gasteiger partial charge < -0.3 is 15.8 Å². The number of alkyl halides is 7. The van der Waals surface area contributed by atoms with Crippen molar-refractivity contribution in [3.05, 3.63) is 0 Å². The first-order valence-electron chi connectivity index (χ1n) is 5.58. The van der Waals surface area contributed by atoms with Gasteiger partial charge in [-0.15, -0.1) is 0 Å². The molecule has 0 radical (unpaired) electrons. The fraction of sp³-hybridized carbons (Fsp3) is 0.900. The van der Waals surface area contributed by atoms with Crippen molar-refractivity contribution in [3.63, 3.8) is 0 Å². The van der Waals surface area contributed by atoms with Crippen molar-refractivity contribution in [2.75, 3.05) is 6.54 Å². The molecule has 0 aromatic rings. The Balaban J connectivity index is 5.23. The molecule has 0 fully saturated rings. The summed E-state index contributed by atoms with van der Waals surface area (Å²) in [5, 5.41) is 1.23. The highest BCUT2D eigenvalue weighted by Gasteiger charge is 2.75. The molecule has 0 aromatic carbocycles. The third-order valence-electron chi connectivity index (χ3n) is 2.14. The van der Waals surface area contributed by atoms with Crippen LogP contribution < -0.4 is 11.1 Å². The van der Waals surface area contributed by atoms with E-state index in [2.05, 4.69) is 4.74 Å². The van der Waals surface area contributed by atoms with Gasteiger partial charge in [0.1, 0.15) is 11.6 Å². The Labute approximate surface area is 115 Å². The van der Waals surface area contributed by atoms with Crippen LogP contribution in [0.1, 0.15) is 20.8 Å². The Morgan fingerprint density at radius 2 is 1.52 bits per heavy atom. The summed E-state index contributed by atoms with van der Waals surface area (Å²) in [5.41, 5.74) is 3.60. The van der Waals surface area contributed by atoms with Crippen molar-refractivity contribution in [1.82, 2.24) is 5.32 Å². The van der Waals surface area contributed by atoms with Gasteiger partial charge in [0.15, 0.2) is 0 Å². The first kappa shape index (κ1) is 19.7. The van der Waals surface area contributed by atoms with Gasteiger partial charge in [0.05, 0.1) is 0 Å². The standard InChI is InChI=1S/C10H15F7N2O2/c1-7(2,3)21-6(20)19-5(4-18)8(11,12)9(13,14)10(15,16)17/h5H,4,18H2,1-3H3,(H,19,20). The fourth-order valence-electron chi connectivity index (χ4n) is 1.16. The number of halogens is 7. The van der Waals surface area contributed by atoms with Crippen LogP contribution in [0, 0.1) is 0 Å². The third-order valence-corrected chi connectivity index (χ3v) is 2.14. The summed E-state index contributed by atoms with van der Waals surface area (Å²) in [6, 6.07) is -2.95. The van der Waals surface area contributed by atoms with Gasteiger partial charge in [-0.2, -0.15) is 30.7 Å². The quantitative estimate of drug-likeness (QED) is 0.780. The highest BCUT2D eigenvalue weighted by Crippen LogP contribution is 2.47. The molecule has 0 bridgehead atoms. The molecule has 0 heterocycles. The molecule has 4 nitrogen and oxygen atoms in total. The average Bonchev–Trinajstić information content (AvgIpc) is 2.21. The first-order valence-corrected chi connectivity index (χ1v) is 5.58. The van der Waals surface area contributed by atoms with Crippen molar-refractivity contribution >= 4 is 6.09 Å². The second-order valence-corrected chi connectivity index (χ2v) is 5.13. The van der Waals surface area contributed by atoms with E-state index in [4.69, 9.17) is 5.73 Å². The number of carbonyl (C=O) groups is 1. The molecule has 1 atom stereocenters. The van der Waals surface area contributed by atoms with Crippen LogP contribution in [0.5, 0.6) is 0 Å². The number of nitrogens with two attached hydrogens (primary N) is 1. The van der Waals surface area contributed by atoms with Gasteiger partial charge in [-0.25, -0.2) is 4.79 Å². The molecule has 3 N–H and O–H groups in total. The van der Waals surface area contributed by atoms with Crippen LogP contribution >= 0.6 is 0 Å². The number of hydrogen-bond donors (Lipinski definition) is 2. The lowest BCUT2D eigenvalue weighted by molar-refractivity contribution is -0.359. The molecule has 1 unspecified atom stereocenters. The Hall–Kier alpha value is -1.26. The van der Waals surface area contributed by atoms with E-state index in [0.717, 1.165) is 0 Å². The lowest BCUT2D eigenvalue weighted by Crippen LogP contribution is -2.64. The predicted molar refractivity (Wildman–Crippen MR) is 58.2 cm³/mol. The van der Waals surface area contributed by atoms with Crippen molar-refractivity contribution < 1.29 is 40.3 Å². The largest absolute Gasteiger partial charge is 0.459 e. The summed E-state index contributed by atoms with van der Waals surface area (Å²) in [6.07, 6.45) is -8.09. The van der Waals surface area contributed by atoms with Gasteiger partial charge >= 0.3 is 24.1 Å². The summed E-state index contributed by atoms with van der Waals surface area (Å²) in [5.74, 6) is -12.0. The average molecular weight is 328 g/mol. The second kappa shape index (κ2) is 5.85. The number of amides is 1. The van der Waals surface area contributed by atoms with E-state index in [-0.39, 0.29) is 0 Å². The molecule has 0 rings (SSSR count). The minimum absolute atomic E-state index is 1.16. The predicted octanol–water partition coefficient (Wildman–Crippen LogP) is 2.67. The molecule has 0 saturated heterocycles. The number of nitrogens with one attached hydrogen (secondary N) is 1. The maximum atomic E-state index is 13.3. The van der Waals surface area contributed by atoms with E-state index in [9.17, 15) is 35.5 Å². The maximum absolute atomic E-state index is 13.3. The van der Waals surface area contributed by atoms with Gasteiger partial charge in [0.2, 0.25) is 0 Å². The highest BCUT2D eigenvalue weighted by molar-refractivity contribution is 5.68. The van der Waals surface area contributed by atoms with Crippen LogP contribution in [0.15, 0.2) is 0 Å². The molecule has 11 heteroatoms. The molecule has 0 aliphatic heterocycles. The molecule has 0 saturated carbocycles. The highest BCUT2D eigenvalue weighted by atomic mass is 19.4. The number of ether oxygens (including phenoxy) is 1. The Morgan fingerprint density at radius 3 is 1.81 bits per heavy atom. The minimum Gasteiger partial charge on any atom is -0.444 e. The van der Waals surface area contributed by atoms with Crippen molar-refractivity contribution in [2.45, 2.75) is 50.4 Å². The molecule has 0 aliphatic carbocycles. The van der Waals surface area contributed by atoms with Gasteiger partial charge in [-0.05, 0) is 20.8 Å². The Morgan fingerprint density at radius 1 is 1.10 bits per heavy atom. The lowest BCUT2D eigenvalue weighted by Gasteiger charge is -2.34. The zero-order valence-electron chi connectivity index (χ0n) is 11.3. The molecular weight excluding hydrogens is 313 g/mol. The molecule has 126 valence electrons. The smallest absolute Gasteiger partial charge is 0.444 e. The molecule has 21 heavy (non-hydrogen) atoms. The molecule has 0 aromatic heterocycles. The molecular formula is C10H15F7N2O2. The third kappa shape index (κ3) is 4.61. The summed E-state index contributed by atoms with van der Waals surface area (Å²) in [7, 11) is 0. The number of carbonyl (C=O) groups excluding carboxylic acids is 1. The fourth-order valence-corrected chi connectivity index (χ4v) is 1.16. The van der Waals surface area contributed by atoms with Crippen LogP contribution in [0.4, 0.5) is 35.5 Å². The van der Waals surface area contributed by atoms with Gasteiger partial charge in [0, 0.05) is 6.54 Å². The molecule has 0 spiro atoms. The van der Waals surface area contributed by atoms with Crippen LogP contribution in [0.25, 0.3) is 0 Å². The van der Waals surface area contributed by atoms with E-state index in [1.54, 1.807) is 0 Å². The van der Waals surface area contributed by atoms with Gasteiger partial charge in [-0.3, -0.25) is 0 Å². The summed E-state index contributed by atoms with van der Waals surface area (Å²) >= 11 is 0. The molecule has 0 aliphatic rings. The summed E-state index contributed by atoms with van der Waals surface area (Å²) in [4.78, 5) is 11.2. The maximum Gasteiger partial charge on any atom is 0.459 e. The van der Waals surface area contributed by atoms with Crippen LogP contribution in [0.2, 0.25) is 0 Å². The van der Waals surface area contributed by atoms with Crippen LogP contribution in [-0.2, 0) is 4.74 Å². The van der Waals surface area contributed by atoms with E-state index >= 15 is 0 Å². The molecule has 1 amide bonds. The zero-order valence-corrected chi connectivity index (χ0v) is 11.3. The van der Waals surface area contributed by atoms with E-state index in [0.29, 0.717) is 0 Å². The number of rotatable bonds is 4. The van der Waals surface area contributed by atoms with Gasteiger partial charge in [-0.1, -0.05) is 0 Å². The minimum atomic E-state index is -6.50. The Kier molecular flexibility index (Phi) is 5.50. The number of alkyl carbamates (subject to hydrolysis) is 1. The normalized spacial score (nSPS) is 15.6. The van der Waals surface area contributed by atoms with Crippen molar-refractivity contribution in [1.29, 1.82) is 0 Å². The van der Waals surface area contributed by atoms with Crippen LogP contribution in [-0.4, -0.2) is 42.3 Å². The van der Waals surface area contributed by atoms with Gasteiger partial charge in [0.25, 0.3) is 0 Å². The lowest BCUT2D eigenvalue weighted by atomic mass is 10.0. The van der Waals surface area contributed by atoms with E-state index in [1.165, 1.54) is 26.1 Å². The SMILES string of the molecule is CC(C)(C)OC(=O)NC(CN)C(F)(F)C(F)(F)C(F)(F)F. The van der Waals surface area contributed by atoms with E-state index < -0.39 is 42.3 Å². The first-order chi connectivity index (χ1) is 9.06. The van der Waals surface area contributed by atoms with Crippen LogP contribution in [0.3, 0.4) is 0 Å². The zero-order chi connectivity index (χ0) is 17.3. The summed E-state index contributed by atoms with van der Waals surface area (Å²) in [6.45, 7) is 2.67. The topological polar surface area (TPSA) is 64.3 Å². The number of hydrogen-bond acceptors (Lipinski definition) is 3. The second-order valence-electron chi connectivity index (χ2n) is 5.13. The van der Waals surface area contributed by atoms with Crippen molar-refractivity contribution in [2.24, 2.45) is 5.73 Å². The van der Waals surface area contributed by atoms with E-state index in [1.807, 2.05) is 0 Å². The summed E-state index contributed by atoms with van der Waals surface area (Å²) < 4.78 is 92.8. The Bertz CT molecular complexity index is 377. The monoisotopic (exact) mass is 328 g/mol.